The average Bonchev–Trinajstić information content (AvgIpc) is 2.35. The van der Waals surface area contributed by atoms with Crippen LogP contribution in [0.15, 0.2) is 12.1 Å². The summed E-state index contributed by atoms with van der Waals surface area (Å²) in [5, 5.41) is 0. The molecule has 2 atom stereocenters. The molecule has 2 heteroatoms. The van der Waals surface area contributed by atoms with Crippen molar-refractivity contribution < 1.29 is 0 Å². The van der Waals surface area contributed by atoms with Crippen LogP contribution in [-0.2, 0) is 0 Å². The van der Waals surface area contributed by atoms with Crippen LogP contribution in [0.1, 0.15) is 54.5 Å². The summed E-state index contributed by atoms with van der Waals surface area (Å²) in [4.78, 5) is 2.59. The van der Waals surface area contributed by atoms with Crippen LogP contribution in [0.5, 0.6) is 0 Å². The van der Waals surface area contributed by atoms with Crippen LogP contribution >= 0.6 is 0 Å². The van der Waals surface area contributed by atoms with E-state index in [4.69, 9.17) is 5.73 Å². The van der Waals surface area contributed by atoms with Gasteiger partial charge in [0.05, 0.1) is 6.04 Å². The number of nitrogens with two attached hydrogens (primary N) is 1. The molecule has 0 amide bonds. The Morgan fingerprint density at radius 2 is 1.84 bits per heavy atom. The van der Waals surface area contributed by atoms with E-state index < -0.39 is 0 Å². The molecule has 1 heterocycles. The van der Waals surface area contributed by atoms with Gasteiger partial charge in [0.1, 0.15) is 0 Å². The average molecular weight is 260 g/mol. The van der Waals surface area contributed by atoms with Crippen LogP contribution < -0.4 is 5.73 Å². The first-order chi connectivity index (χ1) is 9.04. The number of rotatable bonds is 3. The van der Waals surface area contributed by atoms with Crippen LogP contribution in [0.4, 0.5) is 0 Å². The second kappa shape index (κ2) is 6.06. The monoisotopic (exact) mass is 260 g/mol. The Balaban J connectivity index is 2.38. The molecule has 0 aliphatic carbocycles. The molecule has 1 aliphatic heterocycles. The van der Waals surface area contributed by atoms with E-state index in [9.17, 15) is 0 Å². The molecular formula is C17H28N2. The fourth-order valence-electron chi connectivity index (χ4n) is 3.36. The third kappa shape index (κ3) is 3.01. The van der Waals surface area contributed by atoms with Crippen molar-refractivity contribution in [2.45, 2.75) is 59.0 Å². The van der Waals surface area contributed by atoms with Crippen LogP contribution in [0.2, 0.25) is 0 Å². The molecule has 2 unspecified atom stereocenters. The summed E-state index contributed by atoms with van der Waals surface area (Å²) in [5.41, 5.74) is 12.1. The van der Waals surface area contributed by atoms with E-state index in [0.717, 1.165) is 13.0 Å². The summed E-state index contributed by atoms with van der Waals surface area (Å²) in [6, 6.07) is 5.37. The van der Waals surface area contributed by atoms with Crippen molar-refractivity contribution in [2.75, 3.05) is 13.1 Å². The minimum Gasteiger partial charge on any atom is -0.326 e. The Labute approximate surface area is 118 Å². The molecule has 1 aromatic rings. The van der Waals surface area contributed by atoms with E-state index in [-0.39, 0.29) is 6.04 Å². The third-order valence-electron chi connectivity index (χ3n) is 4.49. The highest BCUT2D eigenvalue weighted by Crippen LogP contribution is 2.33. The van der Waals surface area contributed by atoms with Gasteiger partial charge in [-0.15, -0.1) is 0 Å². The van der Waals surface area contributed by atoms with Crippen molar-refractivity contribution in [1.29, 1.82) is 0 Å². The molecule has 2 rings (SSSR count). The zero-order chi connectivity index (χ0) is 14.0. The molecule has 0 radical (unpaired) electrons. The van der Waals surface area contributed by atoms with Crippen molar-refractivity contribution in [3.63, 3.8) is 0 Å². The maximum atomic E-state index is 6.45. The van der Waals surface area contributed by atoms with Crippen molar-refractivity contribution in [3.05, 3.63) is 34.4 Å². The van der Waals surface area contributed by atoms with Gasteiger partial charge < -0.3 is 5.73 Å². The first kappa shape index (κ1) is 14.5. The summed E-state index contributed by atoms with van der Waals surface area (Å²) in [6.45, 7) is 11.2. The molecule has 1 saturated heterocycles. The molecule has 0 bridgehead atoms. The molecule has 0 saturated carbocycles. The normalized spacial score (nSPS) is 24.7. The Kier molecular flexibility index (Phi) is 4.64. The maximum Gasteiger partial charge on any atom is 0.0501 e. The lowest BCUT2D eigenvalue weighted by Gasteiger charge is -2.41. The van der Waals surface area contributed by atoms with Crippen molar-refractivity contribution >= 4 is 0 Å². The first-order valence-electron chi connectivity index (χ1n) is 7.62. The fraction of sp³-hybridized carbons (Fsp3) is 0.647. The van der Waals surface area contributed by atoms with Crippen LogP contribution in [0.25, 0.3) is 0 Å². The van der Waals surface area contributed by atoms with Crippen molar-refractivity contribution in [2.24, 2.45) is 5.73 Å². The van der Waals surface area contributed by atoms with Gasteiger partial charge in [-0.1, -0.05) is 19.1 Å². The topological polar surface area (TPSA) is 29.3 Å². The van der Waals surface area contributed by atoms with Gasteiger partial charge in [-0.2, -0.15) is 0 Å². The van der Waals surface area contributed by atoms with E-state index in [1.54, 1.807) is 0 Å². The Bertz CT molecular complexity index is 437. The standard InChI is InChI=1S/C17H28N2/c1-5-8-19-9-6-7-16(18)17(19)15-11-13(3)12(2)10-14(15)4/h10-11,16-17H,5-9,18H2,1-4H3. The highest BCUT2D eigenvalue weighted by molar-refractivity contribution is 5.39. The molecule has 0 spiro atoms. The summed E-state index contributed by atoms with van der Waals surface area (Å²) >= 11 is 0. The summed E-state index contributed by atoms with van der Waals surface area (Å²) in [6.07, 6.45) is 3.59. The summed E-state index contributed by atoms with van der Waals surface area (Å²) in [7, 11) is 0. The zero-order valence-electron chi connectivity index (χ0n) is 12.9. The minimum absolute atomic E-state index is 0.279. The maximum absolute atomic E-state index is 6.45. The van der Waals surface area contributed by atoms with Crippen LogP contribution in [0.3, 0.4) is 0 Å². The molecule has 2 N–H and O–H groups in total. The van der Waals surface area contributed by atoms with Gasteiger partial charge in [-0.3, -0.25) is 4.90 Å². The van der Waals surface area contributed by atoms with E-state index in [0.29, 0.717) is 6.04 Å². The largest absolute Gasteiger partial charge is 0.326 e. The van der Waals surface area contributed by atoms with Gasteiger partial charge in [-0.25, -0.2) is 0 Å². The fourth-order valence-corrected chi connectivity index (χ4v) is 3.36. The minimum atomic E-state index is 0.279. The van der Waals surface area contributed by atoms with Gasteiger partial charge >= 0.3 is 0 Å². The molecule has 1 fully saturated rings. The van der Waals surface area contributed by atoms with Crippen LogP contribution in [0, 0.1) is 20.8 Å². The van der Waals surface area contributed by atoms with Gasteiger partial charge in [0.15, 0.2) is 0 Å². The number of hydrogen-bond acceptors (Lipinski definition) is 2. The summed E-state index contributed by atoms with van der Waals surface area (Å²) in [5.74, 6) is 0. The molecule has 19 heavy (non-hydrogen) atoms. The predicted octanol–water partition coefficient (Wildman–Crippen LogP) is 3.49. The molecular weight excluding hydrogens is 232 g/mol. The second-order valence-corrected chi connectivity index (χ2v) is 6.08. The number of hydrogen-bond donors (Lipinski definition) is 1. The number of benzene rings is 1. The molecule has 0 aromatic heterocycles. The SMILES string of the molecule is CCCN1CCCC(N)C1c1cc(C)c(C)cc1C. The van der Waals surface area contributed by atoms with E-state index in [2.05, 4.69) is 44.7 Å². The smallest absolute Gasteiger partial charge is 0.0501 e. The highest BCUT2D eigenvalue weighted by Gasteiger charge is 2.30. The van der Waals surface area contributed by atoms with E-state index in [1.807, 2.05) is 0 Å². The lowest BCUT2D eigenvalue weighted by atomic mass is 9.86. The molecule has 1 aliphatic rings. The molecule has 1 aromatic carbocycles. The second-order valence-electron chi connectivity index (χ2n) is 6.08. The van der Waals surface area contributed by atoms with Crippen molar-refractivity contribution in [3.8, 4) is 0 Å². The molecule has 2 nitrogen and oxygen atoms in total. The highest BCUT2D eigenvalue weighted by atomic mass is 15.2. The first-order valence-corrected chi connectivity index (χ1v) is 7.62. The number of aryl methyl sites for hydroxylation is 3. The number of likely N-dealkylation sites (tertiary alicyclic amines) is 1. The third-order valence-corrected chi connectivity index (χ3v) is 4.49. The predicted molar refractivity (Wildman–Crippen MR) is 82.5 cm³/mol. The Hall–Kier alpha value is -0.860. The van der Waals surface area contributed by atoms with Gasteiger partial charge in [0, 0.05) is 6.04 Å². The van der Waals surface area contributed by atoms with Crippen molar-refractivity contribution in [1.82, 2.24) is 4.90 Å². The lowest BCUT2D eigenvalue weighted by molar-refractivity contribution is 0.128. The van der Waals surface area contributed by atoms with E-state index in [1.165, 1.54) is 41.6 Å². The van der Waals surface area contributed by atoms with E-state index >= 15 is 0 Å². The lowest BCUT2D eigenvalue weighted by Crippen LogP contribution is -2.46. The summed E-state index contributed by atoms with van der Waals surface area (Å²) < 4.78 is 0. The quantitative estimate of drug-likeness (QED) is 0.901. The van der Waals surface area contributed by atoms with Crippen LogP contribution in [-0.4, -0.2) is 24.0 Å². The zero-order valence-corrected chi connectivity index (χ0v) is 12.9. The molecule has 106 valence electrons. The van der Waals surface area contributed by atoms with Gasteiger partial charge in [0.25, 0.3) is 0 Å². The van der Waals surface area contributed by atoms with Gasteiger partial charge in [-0.05, 0) is 75.4 Å². The Morgan fingerprint density at radius 3 is 2.53 bits per heavy atom. The van der Waals surface area contributed by atoms with Gasteiger partial charge in [0.2, 0.25) is 0 Å². The number of nitrogens with zero attached hydrogens (tertiary/aromatic N) is 1. The Morgan fingerprint density at radius 1 is 1.16 bits per heavy atom. The number of piperidine rings is 1.